The van der Waals surface area contributed by atoms with E-state index in [2.05, 4.69) is 24.9 Å². The summed E-state index contributed by atoms with van der Waals surface area (Å²) in [6.45, 7) is 0. The van der Waals surface area contributed by atoms with E-state index in [0.717, 1.165) is 0 Å². The minimum atomic E-state index is -1.43. The van der Waals surface area contributed by atoms with Crippen LogP contribution in [0.2, 0.25) is 0 Å². The van der Waals surface area contributed by atoms with Crippen LogP contribution in [-0.2, 0) is 0 Å². The van der Waals surface area contributed by atoms with Crippen molar-refractivity contribution in [2.24, 2.45) is 0 Å². The number of imidazole rings is 1. The molecule has 0 atom stereocenters. The van der Waals surface area contributed by atoms with Crippen LogP contribution in [0.25, 0.3) is 33.7 Å². The number of H-pyrrole nitrogens is 2. The molecule has 4 N–H and O–H groups in total. The van der Waals surface area contributed by atoms with Crippen molar-refractivity contribution in [1.29, 1.82) is 0 Å². The number of carboxylic acid groups (broad SMARTS) is 1. The molecule has 4 rings (SSSR count). The fourth-order valence-corrected chi connectivity index (χ4v) is 2.85. The summed E-state index contributed by atoms with van der Waals surface area (Å²) in [5, 5.41) is 24.9. The molecule has 2 aromatic heterocycles. The number of carbonyl (C=O) groups is 1. The number of hydrogen-bond donors (Lipinski definition) is 4. The summed E-state index contributed by atoms with van der Waals surface area (Å²) in [7, 11) is 1.43. The number of hydrogen-bond acceptors (Lipinski definition) is 7. The first-order chi connectivity index (χ1) is 13.9. The van der Waals surface area contributed by atoms with Gasteiger partial charge >= 0.3 is 6.16 Å². The minimum Gasteiger partial charge on any atom is -0.504 e. The topological polar surface area (TPSA) is 150 Å². The van der Waals surface area contributed by atoms with E-state index in [1.807, 2.05) is 0 Å². The number of phenolic OH excluding ortho intramolecular Hbond substituents is 1. The van der Waals surface area contributed by atoms with E-state index in [4.69, 9.17) is 9.84 Å². The summed E-state index contributed by atoms with van der Waals surface area (Å²) in [4.78, 5) is 30.4. The zero-order valence-electron chi connectivity index (χ0n) is 15.0. The van der Waals surface area contributed by atoms with Crippen molar-refractivity contribution in [3.8, 4) is 39.9 Å². The lowest BCUT2D eigenvalue weighted by Gasteiger charge is -2.06. The molecule has 0 aliphatic carbocycles. The molecule has 0 saturated carbocycles. The lowest BCUT2D eigenvalue weighted by atomic mass is 10.1. The van der Waals surface area contributed by atoms with Crippen LogP contribution < -0.4 is 15.0 Å². The van der Waals surface area contributed by atoms with Crippen molar-refractivity contribution in [1.82, 2.24) is 20.2 Å². The lowest BCUT2D eigenvalue weighted by Crippen LogP contribution is -2.12. The average Bonchev–Trinajstić information content (AvgIpc) is 3.11. The van der Waals surface area contributed by atoms with Crippen LogP contribution in [0.15, 0.2) is 47.3 Å². The van der Waals surface area contributed by atoms with Crippen LogP contribution in [0.3, 0.4) is 0 Å². The number of nitrogens with zero attached hydrogens (tertiary/aromatic N) is 2. The number of aromatic amines is 2. The van der Waals surface area contributed by atoms with E-state index in [1.165, 1.54) is 25.3 Å². The number of rotatable bonds is 4. The fraction of sp³-hybridized carbons (Fsp3) is 0.0526. The van der Waals surface area contributed by atoms with Crippen LogP contribution in [0.4, 0.5) is 4.79 Å². The highest BCUT2D eigenvalue weighted by atomic mass is 16.7. The molecule has 0 amide bonds. The van der Waals surface area contributed by atoms with Crippen molar-refractivity contribution in [3.63, 3.8) is 0 Å². The third kappa shape index (κ3) is 3.46. The number of methoxy groups -OCH3 is 1. The fourth-order valence-electron chi connectivity index (χ4n) is 2.85. The average molecular weight is 394 g/mol. The Labute approximate surface area is 162 Å². The van der Waals surface area contributed by atoms with Crippen LogP contribution in [0.1, 0.15) is 0 Å². The van der Waals surface area contributed by atoms with E-state index >= 15 is 0 Å². The van der Waals surface area contributed by atoms with E-state index in [9.17, 15) is 14.7 Å². The Morgan fingerprint density at radius 1 is 1.14 bits per heavy atom. The third-order valence-electron chi connectivity index (χ3n) is 4.19. The largest absolute Gasteiger partial charge is 0.511 e. The van der Waals surface area contributed by atoms with Gasteiger partial charge in [0.25, 0.3) is 5.56 Å². The van der Waals surface area contributed by atoms with E-state index < -0.39 is 11.7 Å². The molecule has 10 nitrogen and oxygen atoms in total. The first kappa shape index (κ1) is 18.0. The van der Waals surface area contributed by atoms with E-state index in [1.54, 1.807) is 24.3 Å². The van der Waals surface area contributed by atoms with Crippen molar-refractivity contribution in [2.45, 2.75) is 0 Å². The Morgan fingerprint density at radius 2 is 1.97 bits per heavy atom. The van der Waals surface area contributed by atoms with Gasteiger partial charge in [-0.15, -0.1) is 0 Å². The zero-order valence-corrected chi connectivity index (χ0v) is 15.0. The Bertz CT molecular complexity index is 1290. The van der Waals surface area contributed by atoms with E-state index in [0.29, 0.717) is 22.3 Å². The molecule has 0 aliphatic rings. The highest BCUT2D eigenvalue weighted by Gasteiger charge is 2.14. The molecule has 0 fully saturated rings. The van der Waals surface area contributed by atoms with Gasteiger partial charge < -0.3 is 24.7 Å². The van der Waals surface area contributed by atoms with Gasteiger partial charge in [0.2, 0.25) is 0 Å². The molecule has 0 unspecified atom stereocenters. The molecule has 29 heavy (non-hydrogen) atoms. The van der Waals surface area contributed by atoms with E-state index in [-0.39, 0.29) is 28.6 Å². The van der Waals surface area contributed by atoms with Crippen molar-refractivity contribution in [3.05, 3.63) is 52.8 Å². The third-order valence-corrected chi connectivity index (χ3v) is 4.19. The number of benzene rings is 2. The number of nitrogens with one attached hydrogen (secondary N) is 2. The molecular weight excluding hydrogens is 380 g/mol. The van der Waals surface area contributed by atoms with Gasteiger partial charge in [0.15, 0.2) is 11.5 Å². The quantitative estimate of drug-likeness (QED) is 0.305. The molecule has 0 radical (unpaired) electrons. The maximum absolute atomic E-state index is 12.3. The smallest absolute Gasteiger partial charge is 0.504 e. The molecule has 146 valence electrons. The SMILES string of the molecule is COc1cc(-c2cc(-c3nc4ccc(OC(=O)O)cc4[nH]3)c(=O)[nH]n2)ccc1O. The summed E-state index contributed by atoms with van der Waals surface area (Å²) in [6, 6.07) is 10.8. The first-order valence-corrected chi connectivity index (χ1v) is 8.32. The molecule has 2 heterocycles. The highest BCUT2D eigenvalue weighted by molar-refractivity contribution is 5.82. The van der Waals surface area contributed by atoms with Gasteiger partial charge in [-0.1, -0.05) is 0 Å². The summed E-state index contributed by atoms with van der Waals surface area (Å²) in [5.74, 6) is 0.660. The highest BCUT2D eigenvalue weighted by Crippen LogP contribution is 2.31. The summed E-state index contributed by atoms with van der Waals surface area (Å²) < 4.78 is 9.73. The minimum absolute atomic E-state index is 0.0161. The monoisotopic (exact) mass is 394 g/mol. The maximum Gasteiger partial charge on any atom is 0.511 e. The molecule has 2 aromatic carbocycles. The number of aromatic hydroxyl groups is 1. The molecule has 4 aromatic rings. The molecule has 0 spiro atoms. The summed E-state index contributed by atoms with van der Waals surface area (Å²) in [6.07, 6.45) is -1.43. The van der Waals surface area contributed by atoms with Crippen LogP contribution in [0.5, 0.6) is 17.2 Å². The molecule has 10 heteroatoms. The normalized spacial score (nSPS) is 10.8. The first-order valence-electron chi connectivity index (χ1n) is 8.32. The Kier molecular flexibility index (Phi) is 4.36. The summed E-state index contributed by atoms with van der Waals surface area (Å²) in [5.41, 5.74) is 1.86. The van der Waals surface area contributed by atoms with Gasteiger partial charge in [-0.05, 0) is 36.4 Å². The van der Waals surface area contributed by atoms with Crippen molar-refractivity contribution in [2.75, 3.05) is 7.11 Å². The van der Waals surface area contributed by atoms with Crippen LogP contribution >= 0.6 is 0 Å². The number of phenols is 1. The second-order valence-corrected chi connectivity index (χ2v) is 6.01. The van der Waals surface area contributed by atoms with Gasteiger partial charge in [-0.3, -0.25) is 4.79 Å². The number of fused-ring (bicyclic) bond motifs is 1. The number of aromatic nitrogens is 4. The lowest BCUT2D eigenvalue weighted by molar-refractivity contribution is 0.144. The standard InChI is InChI=1S/C19H14N4O6/c1-28-16-6-9(2-5-15(16)24)13-8-11(18(25)23-22-13)17-20-12-4-3-10(29-19(26)27)7-14(12)21-17/h2-8,24H,1H3,(H,20,21)(H,23,25)(H,26,27). The van der Waals surface area contributed by atoms with Crippen molar-refractivity contribution < 1.29 is 24.5 Å². The van der Waals surface area contributed by atoms with Crippen LogP contribution in [0, 0.1) is 0 Å². The maximum atomic E-state index is 12.3. The molecule has 0 bridgehead atoms. The van der Waals surface area contributed by atoms with Crippen LogP contribution in [-0.4, -0.2) is 43.6 Å². The summed E-state index contributed by atoms with van der Waals surface area (Å²) >= 11 is 0. The predicted molar refractivity (Wildman–Crippen MR) is 102 cm³/mol. The van der Waals surface area contributed by atoms with Crippen molar-refractivity contribution >= 4 is 17.2 Å². The Hall–Kier alpha value is -4.34. The molecule has 0 saturated heterocycles. The second-order valence-electron chi connectivity index (χ2n) is 6.01. The predicted octanol–water partition coefficient (Wildman–Crippen LogP) is 2.75. The zero-order chi connectivity index (χ0) is 20.5. The Morgan fingerprint density at radius 3 is 2.72 bits per heavy atom. The van der Waals surface area contributed by atoms with Gasteiger partial charge in [0.1, 0.15) is 11.6 Å². The molecule has 0 aliphatic heterocycles. The van der Waals surface area contributed by atoms with Gasteiger partial charge in [-0.25, -0.2) is 14.9 Å². The van der Waals surface area contributed by atoms with Gasteiger partial charge in [-0.2, -0.15) is 5.10 Å². The molecular formula is C19H14N4O6. The van der Waals surface area contributed by atoms with Gasteiger partial charge in [0.05, 0.1) is 29.4 Å². The second kappa shape index (κ2) is 7.00. The van der Waals surface area contributed by atoms with Gasteiger partial charge in [0, 0.05) is 11.6 Å². The Balaban J connectivity index is 1.78. The number of ether oxygens (including phenoxy) is 2.